The van der Waals surface area contributed by atoms with Crippen molar-refractivity contribution in [2.45, 2.75) is 84.6 Å². The van der Waals surface area contributed by atoms with E-state index < -0.39 is 5.41 Å². The lowest BCUT2D eigenvalue weighted by atomic mass is 9.78. The molecule has 114 valence electrons. The minimum atomic E-state index is -0.781. The Kier molecular flexibility index (Phi) is 7.05. The molecule has 0 heterocycles. The Bertz CT molecular complexity index is 333. The second-order valence-corrected chi connectivity index (χ2v) is 6.08. The van der Waals surface area contributed by atoms with Crippen molar-refractivity contribution in [2.24, 2.45) is 5.41 Å². The molecular weight excluding hydrogens is 248 g/mol. The van der Waals surface area contributed by atoms with Gasteiger partial charge in [-0.2, -0.15) is 5.26 Å². The Morgan fingerprint density at radius 1 is 1.15 bits per heavy atom. The second-order valence-electron chi connectivity index (χ2n) is 6.08. The molecule has 1 fully saturated rings. The van der Waals surface area contributed by atoms with Gasteiger partial charge in [-0.25, -0.2) is 0 Å². The first-order valence-corrected chi connectivity index (χ1v) is 8.37. The molecule has 0 aliphatic heterocycles. The molecule has 0 aromatic rings. The lowest BCUT2D eigenvalue weighted by Gasteiger charge is -2.38. The highest BCUT2D eigenvalue weighted by atomic mass is 16.2. The van der Waals surface area contributed by atoms with Crippen molar-refractivity contribution in [1.29, 1.82) is 5.26 Å². The topological polar surface area (TPSA) is 44.1 Å². The third-order valence-corrected chi connectivity index (χ3v) is 4.59. The number of nitrogens with zero attached hydrogens (tertiary/aromatic N) is 2. The van der Waals surface area contributed by atoms with Crippen LogP contribution in [0.5, 0.6) is 0 Å². The number of hydrogen-bond donors (Lipinski definition) is 0. The largest absolute Gasteiger partial charge is 0.339 e. The number of nitriles is 1. The molecule has 0 bridgehead atoms. The van der Waals surface area contributed by atoms with Crippen LogP contribution in [0.4, 0.5) is 0 Å². The average Bonchev–Trinajstić information content (AvgIpc) is 2.48. The maximum atomic E-state index is 13.0. The lowest BCUT2D eigenvalue weighted by molar-refractivity contribution is -0.142. The van der Waals surface area contributed by atoms with E-state index in [4.69, 9.17) is 0 Å². The van der Waals surface area contributed by atoms with Gasteiger partial charge >= 0.3 is 0 Å². The zero-order valence-corrected chi connectivity index (χ0v) is 13.5. The molecule has 1 aliphatic carbocycles. The van der Waals surface area contributed by atoms with E-state index in [1.54, 1.807) is 0 Å². The zero-order chi connectivity index (χ0) is 15.0. The van der Waals surface area contributed by atoms with E-state index in [0.29, 0.717) is 18.9 Å². The SMILES string of the molecule is CCCC(C#N)(CCC)C(=O)N(CC)C1CCCCC1. The van der Waals surface area contributed by atoms with Crippen molar-refractivity contribution in [1.82, 2.24) is 4.90 Å². The molecule has 0 aromatic heterocycles. The Hall–Kier alpha value is -1.04. The van der Waals surface area contributed by atoms with E-state index in [2.05, 4.69) is 19.9 Å². The predicted molar refractivity (Wildman–Crippen MR) is 82.1 cm³/mol. The van der Waals surface area contributed by atoms with Gasteiger partial charge in [0.05, 0.1) is 6.07 Å². The molecule has 0 N–H and O–H groups in total. The number of amides is 1. The van der Waals surface area contributed by atoms with Crippen LogP contribution in [0, 0.1) is 16.7 Å². The van der Waals surface area contributed by atoms with Gasteiger partial charge in [0, 0.05) is 12.6 Å². The van der Waals surface area contributed by atoms with E-state index in [1.165, 1.54) is 19.3 Å². The molecule has 3 nitrogen and oxygen atoms in total. The maximum Gasteiger partial charge on any atom is 0.243 e. The van der Waals surface area contributed by atoms with Crippen LogP contribution in [0.1, 0.15) is 78.6 Å². The van der Waals surface area contributed by atoms with E-state index in [9.17, 15) is 10.1 Å². The predicted octanol–water partition coefficient (Wildman–Crippen LogP) is 4.28. The van der Waals surface area contributed by atoms with Crippen molar-refractivity contribution in [2.75, 3.05) is 6.54 Å². The summed E-state index contributed by atoms with van der Waals surface area (Å²) in [6.07, 6.45) is 9.11. The first-order valence-electron chi connectivity index (χ1n) is 8.37. The first kappa shape index (κ1) is 17.0. The summed E-state index contributed by atoms with van der Waals surface area (Å²) in [4.78, 5) is 15.0. The van der Waals surface area contributed by atoms with Gasteiger partial charge < -0.3 is 4.90 Å². The fraction of sp³-hybridized carbons (Fsp3) is 0.882. The van der Waals surface area contributed by atoms with Crippen molar-refractivity contribution in [3.05, 3.63) is 0 Å². The van der Waals surface area contributed by atoms with E-state index >= 15 is 0 Å². The highest BCUT2D eigenvalue weighted by Gasteiger charge is 2.41. The molecule has 0 unspecified atom stereocenters. The van der Waals surface area contributed by atoms with Crippen LogP contribution in [-0.4, -0.2) is 23.4 Å². The highest BCUT2D eigenvalue weighted by Crippen LogP contribution is 2.34. The summed E-state index contributed by atoms with van der Waals surface area (Å²) in [6.45, 7) is 6.91. The molecule has 0 saturated heterocycles. The van der Waals surface area contributed by atoms with Crippen LogP contribution in [0.15, 0.2) is 0 Å². The van der Waals surface area contributed by atoms with Crippen molar-refractivity contribution in [3.8, 4) is 6.07 Å². The van der Waals surface area contributed by atoms with E-state index in [-0.39, 0.29) is 5.91 Å². The van der Waals surface area contributed by atoms with Gasteiger partial charge in [-0.1, -0.05) is 46.0 Å². The third kappa shape index (κ3) is 3.75. The highest BCUT2D eigenvalue weighted by molar-refractivity contribution is 5.85. The summed E-state index contributed by atoms with van der Waals surface area (Å²) in [5.41, 5.74) is -0.781. The molecule has 3 heteroatoms. The molecule has 1 amide bonds. The monoisotopic (exact) mass is 278 g/mol. The van der Waals surface area contributed by atoms with Gasteiger partial charge in [-0.3, -0.25) is 4.79 Å². The van der Waals surface area contributed by atoms with Crippen LogP contribution in [0.2, 0.25) is 0 Å². The van der Waals surface area contributed by atoms with Gasteiger partial charge in [0.25, 0.3) is 0 Å². The summed E-state index contributed by atoms with van der Waals surface area (Å²) < 4.78 is 0. The molecule has 0 radical (unpaired) electrons. The van der Waals surface area contributed by atoms with Gasteiger partial charge in [-0.05, 0) is 32.6 Å². The van der Waals surface area contributed by atoms with Gasteiger partial charge in [0.15, 0.2) is 0 Å². The van der Waals surface area contributed by atoms with Gasteiger partial charge in [0.2, 0.25) is 5.91 Å². The Morgan fingerprint density at radius 2 is 1.70 bits per heavy atom. The average molecular weight is 278 g/mol. The van der Waals surface area contributed by atoms with E-state index in [1.807, 2.05) is 11.8 Å². The van der Waals surface area contributed by atoms with Crippen LogP contribution in [0.25, 0.3) is 0 Å². The number of hydrogen-bond acceptors (Lipinski definition) is 2. The smallest absolute Gasteiger partial charge is 0.243 e. The molecule has 20 heavy (non-hydrogen) atoms. The third-order valence-electron chi connectivity index (χ3n) is 4.59. The quantitative estimate of drug-likeness (QED) is 0.697. The molecule has 1 rings (SSSR count). The van der Waals surface area contributed by atoms with Crippen molar-refractivity contribution in [3.63, 3.8) is 0 Å². The number of carbonyl (C=O) groups excluding carboxylic acids is 1. The second kappa shape index (κ2) is 8.29. The van der Waals surface area contributed by atoms with Crippen LogP contribution in [0.3, 0.4) is 0 Å². The molecule has 1 aliphatic rings. The summed E-state index contributed by atoms with van der Waals surface area (Å²) in [7, 11) is 0. The maximum absolute atomic E-state index is 13.0. The molecular formula is C17H30N2O. The molecule has 0 spiro atoms. The van der Waals surface area contributed by atoms with Crippen LogP contribution < -0.4 is 0 Å². The number of rotatable bonds is 7. The summed E-state index contributed by atoms with van der Waals surface area (Å²) in [5, 5.41) is 9.65. The Morgan fingerprint density at radius 3 is 2.10 bits per heavy atom. The molecule has 0 atom stereocenters. The van der Waals surface area contributed by atoms with Crippen LogP contribution in [-0.2, 0) is 4.79 Å². The van der Waals surface area contributed by atoms with Gasteiger partial charge in [0.1, 0.15) is 5.41 Å². The Balaban J connectivity index is 2.92. The minimum Gasteiger partial charge on any atom is -0.339 e. The fourth-order valence-corrected chi connectivity index (χ4v) is 3.59. The molecule has 0 aromatic carbocycles. The number of carbonyl (C=O) groups is 1. The standard InChI is InChI=1S/C17H30N2O/c1-4-12-17(14-18,13-5-2)16(20)19(6-3)15-10-8-7-9-11-15/h15H,4-13H2,1-3H3. The molecule has 1 saturated carbocycles. The van der Waals surface area contributed by atoms with Crippen molar-refractivity contribution < 1.29 is 4.79 Å². The fourth-order valence-electron chi connectivity index (χ4n) is 3.59. The minimum absolute atomic E-state index is 0.0955. The van der Waals surface area contributed by atoms with Crippen molar-refractivity contribution >= 4 is 5.91 Å². The lowest BCUT2D eigenvalue weighted by Crippen LogP contribution is -2.49. The van der Waals surface area contributed by atoms with Crippen LogP contribution >= 0.6 is 0 Å². The first-order chi connectivity index (χ1) is 9.65. The summed E-state index contributed by atoms with van der Waals surface area (Å²) in [5.74, 6) is 0.0955. The summed E-state index contributed by atoms with van der Waals surface area (Å²) >= 11 is 0. The Labute approximate surface area is 124 Å². The summed E-state index contributed by atoms with van der Waals surface area (Å²) in [6, 6.07) is 2.74. The zero-order valence-electron chi connectivity index (χ0n) is 13.5. The van der Waals surface area contributed by atoms with E-state index in [0.717, 1.165) is 32.2 Å². The van der Waals surface area contributed by atoms with Gasteiger partial charge in [-0.15, -0.1) is 0 Å². The normalized spacial score (nSPS) is 16.7.